The van der Waals surface area contributed by atoms with Crippen LogP contribution < -0.4 is 0 Å². The molecule has 2 heteroatoms. The van der Waals surface area contributed by atoms with Crippen LogP contribution in [-0.2, 0) is 12.8 Å². The van der Waals surface area contributed by atoms with Crippen LogP contribution >= 0.6 is 0 Å². The summed E-state index contributed by atoms with van der Waals surface area (Å²) in [5.41, 5.74) is 10.5. The van der Waals surface area contributed by atoms with Crippen molar-refractivity contribution < 1.29 is 4.79 Å². The van der Waals surface area contributed by atoms with E-state index in [1.54, 1.807) is 0 Å². The zero-order valence-corrected chi connectivity index (χ0v) is 15.8. The van der Waals surface area contributed by atoms with Crippen LogP contribution in [0.4, 0.5) is 0 Å². The lowest BCUT2D eigenvalue weighted by Crippen LogP contribution is -2.01. The fourth-order valence-electron chi connectivity index (χ4n) is 4.79. The van der Waals surface area contributed by atoms with Gasteiger partial charge in [0.05, 0.1) is 16.8 Å². The van der Waals surface area contributed by atoms with E-state index in [0.29, 0.717) is 0 Å². The van der Waals surface area contributed by atoms with Crippen molar-refractivity contribution in [3.05, 3.63) is 88.5 Å². The molecule has 28 heavy (non-hydrogen) atoms. The van der Waals surface area contributed by atoms with Gasteiger partial charge in [-0.2, -0.15) is 0 Å². The zero-order valence-electron chi connectivity index (χ0n) is 15.8. The summed E-state index contributed by atoms with van der Waals surface area (Å²) in [5, 5.41) is 1.10. The Bertz CT molecular complexity index is 1300. The maximum Gasteiger partial charge on any atom is 0.196 e. The number of nitrogens with zero attached hydrogens (tertiary/aromatic N) is 1. The average Bonchev–Trinajstić information content (AvgIpc) is 3.28. The molecule has 2 aliphatic rings. The van der Waals surface area contributed by atoms with Crippen molar-refractivity contribution in [3.63, 3.8) is 0 Å². The van der Waals surface area contributed by atoms with Gasteiger partial charge in [0, 0.05) is 22.1 Å². The largest absolute Gasteiger partial charge is 0.288 e. The predicted octanol–water partition coefficient (Wildman–Crippen LogP) is 5.91. The van der Waals surface area contributed by atoms with Gasteiger partial charge in [0.2, 0.25) is 0 Å². The molecule has 0 amide bonds. The van der Waals surface area contributed by atoms with E-state index in [4.69, 9.17) is 4.98 Å². The first-order chi connectivity index (χ1) is 13.7. The Labute approximate surface area is 163 Å². The van der Waals surface area contributed by atoms with Crippen molar-refractivity contribution in [2.45, 2.75) is 26.2 Å². The van der Waals surface area contributed by atoms with E-state index < -0.39 is 0 Å². The minimum absolute atomic E-state index is 0.0936. The summed E-state index contributed by atoms with van der Waals surface area (Å²) in [6, 6.07) is 20.9. The van der Waals surface area contributed by atoms with Crippen LogP contribution in [0, 0.1) is 6.92 Å². The SMILES string of the molecule is Cc1ccc(-c2c3c(nc4cc5c(cc24)CCC5)-c2ccccc2C3=O)cc1. The van der Waals surface area contributed by atoms with E-state index in [0.717, 1.165) is 57.3 Å². The van der Waals surface area contributed by atoms with Crippen LogP contribution in [0.2, 0.25) is 0 Å². The summed E-state index contributed by atoms with van der Waals surface area (Å²) < 4.78 is 0. The molecule has 1 aromatic heterocycles. The van der Waals surface area contributed by atoms with Crippen LogP contribution in [0.25, 0.3) is 33.3 Å². The minimum Gasteiger partial charge on any atom is -0.288 e. The number of fused-ring (bicyclic) bond motifs is 5. The number of aryl methyl sites for hydroxylation is 3. The van der Waals surface area contributed by atoms with Crippen molar-refractivity contribution in [3.8, 4) is 22.4 Å². The number of hydrogen-bond acceptors (Lipinski definition) is 2. The summed E-state index contributed by atoms with van der Waals surface area (Å²) in [6.07, 6.45) is 3.44. The first-order valence-corrected chi connectivity index (χ1v) is 9.91. The topological polar surface area (TPSA) is 30.0 Å². The second kappa shape index (κ2) is 5.62. The number of hydrogen-bond donors (Lipinski definition) is 0. The Kier molecular flexibility index (Phi) is 3.16. The Hall–Kier alpha value is -3.26. The van der Waals surface area contributed by atoms with E-state index in [-0.39, 0.29) is 5.78 Å². The summed E-state index contributed by atoms with van der Waals surface area (Å²) in [4.78, 5) is 18.4. The van der Waals surface area contributed by atoms with E-state index in [9.17, 15) is 4.79 Å². The van der Waals surface area contributed by atoms with Crippen LogP contribution in [0.5, 0.6) is 0 Å². The Morgan fingerprint density at radius 1 is 0.821 bits per heavy atom. The molecule has 0 aliphatic heterocycles. The average molecular weight is 361 g/mol. The van der Waals surface area contributed by atoms with Gasteiger partial charge in [0.1, 0.15) is 0 Å². The normalized spacial score (nSPS) is 14.2. The van der Waals surface area contributed by atoms with E-state index in [1.165, 1.54) is 23.1 Å². The first-order valence-electron chi connectivity index (χ1n) is 9.91. The van der Waals surface area contributed by atoms with Gasteiger partial charge in [-0.25, -0.2) is 4.98 Å². The molecule has 1 heterocycles. The maximum absolute atomic E-state index is 13.4. The lowest BCUT2D eigenvalue weighted by Gasteiger charge is -2.14. The van der Waals surface area contributed by atoms with Gasteiger partial charge in [-0.1, -0.05) is 54.1 Å². The number of aromatic nitrogens is 1. The molecule has 0 saturated heterocycles. The summed E-state index contributed by atoms with van der Waals surface area (Å²) >= 11 is 0. The molecule has 2 aliphatic carbocycles. The van der Waals surface area contributed by atoms with Gasteiger partial charge < -0.3 is 0 Å². The molecule has 0 N–H and O–H groups in total. The van der Waals surface area contributed by atoms with Gasteiger partial charge in [-0.15, -0.1) is 0 Å². The third-order valence-corrected chi connectivity index (χ3v) is 6.19. The molecule has 134 valence electrons. The van der Waals surface area contributed by atoms with Gasteiger partial charge >= 0.3 is 0 Å². The Morgan fingerprint density at radius 2 is 1.54 bits per heavy atom. The molecule has 0 spiro atoms. The standard InChI is InChI=1S/C26H19NO/c1-15-9-11-16(12-10-15)23-21-13-17-5-4-6-18(17)14-22(21)27-25-19-7-2-3-8-20(19)26(28)24(23)25/h2-3,7-14H,4-6H2,1H3. The van der Waals surface area contributed by atoms with Crippen molar-refractivity contribution >= 4 is 16.7 Å². The molecule has 0 fully saturated rings. The second-order valence-corrected chi connectivity index (χ2v) is 7.94. The molecule has 0 atom stereocenters. The van der Waals surface area contributed by atoms with Crippen molar-refractivity contribution in [1.29, 1.82) is 0 Å². The first kappa shape index (κ1) is 15.8. The molecule has 6 rings (SSSR count). The fraction of sp³-hybridized carbons (Fsp3) is 0.154. The van der Waals surface area contributed by atoms with Crippen LogP contribution in [0.3, 0.4) is 0 Å². The summed E-state index contributed by atoms with van der Waals surface area (Å²) in [5.74, 6) is 0.0936. The van der Waals surface area contributed by atoms with E-state index in [1.807, 2.05) is 24.3 Å². The number of rotatable bonds is 1. The Balaban J connectivity index is 1.77. The molecule has 3 aromatic carbocycles. The highest BCUT2D eigenvalue weighted by atomic mass is 16.1. The van der Waals surface area contributed by atoms with Gasteiger partial charge in [-0.3, -0.25) is 4.79 Å². The number of benzene rings is 3. The minimum atomic E-state index is 0.0936. The van der Waals surface area contributed by atoms with Crippen LogP contribution in [0.1, 0.15) is 39.0 Å². The lowest BCUT2D eigenvalue weighted by atomic mass is 9.91. The third-order valence-electron chi connectivity index (χ3n) is 6.19. The Morgan fingerprint density at radius 3 is 2.32 bits per heavy atom. The quantitative estimate of drug-likeness (QED) is 0.371. The van der Waals surface area contributed by atoms with Crippen molar-refractivity contribution in [2.24, 2.45) is 0 Å². The van der Waals surface area contributed by atoms with Crippen molar-refractivity contribution in [2.75, 3.05) is 0 Å². The smallest absolute Gasteiger partial charge is 0.196 e. The number of pyridine rings is 1. The van der Waals surface area contributed by atoms with Crippen molar-refractivity contribution in [1.82, 2.24) is 4.98 Å². The molecule has 0 bridgehead atoms. The maximum atomic E-state index is 13.4. The number of carbonyl (C=O) groups excluding carboxylic acids is 1. The molecular formula is C26H19NO. The van der Waals surface area contributed by atoms with E-state index >= 15 is 0 Å². The third kappa shape index (κ3) is 2.09. The van der Waals surface area contributed by atoms with E-state index in [2.05, 4.69) is 43.3 Å². The molecule has 4 aromatic rings. The zero-order chi connectivity index (χ0) is 18.8. The van der Waals surface area contributed by atoms with Crippen LogP contribution in [0.15, 0.2) is 60.7 Å². The molecule has 0 saturated carbocycles. The van der Waals surface area contributed by atoms with Crippen LogP contribution in [-0.4, -0.2) is 10.8 Å². The second-order valence-electron chi connectivity index (χ2n) is 7.94. The lowest BCUT2D eigenvalue weighted by molar-refractivity contribution is 0.104. The van der Waals surface area contributed by atoms with Gasteiger partial charge in [0.25, 0.3) is 0 Å². The highest BCUT2D eigenvalue weighted by Crippen LogP contribution is 2.44. The number of carbonyl (C=O) groups is 1. The summed E-state index contributed by atoms with van der Waals surface area (Å²) in [7, 11) is 0. The number of ketones is 1. The summed E-state index contributed by atoms with van der Waals surface area (Å²) in [6.45, 7) is 2.09. The molecule has 0 radical (unpaired) electrons. The van der Waals surface area contributed by atoms with Gasteiger partial charge in [0.15, 0.2) is 5.78 Å². The molecule has 0 unspecified atom stereocenters. The van der Waals surface area contributed by atoms with Gasteiger partial charge in [-0.05, 0) is 55.0 Å². The highest BCUT2D eigenvalue weighted by molar-refractivity contribution is 6.26. The predicted molar refractivity (Wildman–Crippen MR) is 113 cm³/mol. The fourth-order valence-corrected chi connectivity index (χ4v) is 4.79. The molecule has 2 nitrogen and oxygen atoms in total. The molecular weight excluding hydrogens is 342 g/mol. The monoisotopic (exact) mass is 361 g/mol. The highest BCUT2D eigenvalue weighted by Gasteiger charge is 2.32.